The maximum atomic E-state index is 10.1. The first-order valence-corrected chi connectivity index (χ1v) is 5.74. The molecule has 92 valence electrons. The summed E-state index contributed by atoms with van der Waals surface area (Å²) in [5, 5.41) is 19.4. The van der Waals surface area contributed by atoms with Crippen molar-refractivity contribution in [2.75, 3.05) is 0 Å². The zero-order valence-electron chi connectivity index (χ0n) is 9.92. The lowest BCUT2D eigenvalue weighted by molar-refractivity contribution is 0.0928. The van der Waals surface area contributed by atoms with E-state index in [0.29, 0.717) is 12.3 Å². The van der Waals surface area contributed by atoms with E-state index < -0.39 is 0 Å². The van der Waals surface area contributed by atoms with Crippen LogP contribution in [0.4, 0.5) is 0 Å². The third-order valence-corrected chi connectivity index (χ3v) is 3.22. The highest BCUT2D eigenvalue weighted by Crippen LogP contribution is 2.41. The van der Waals surface area contributed by atoms with Gasteiger partial charge in [-0.1, -0.05) is 12.1 Å². The van der Waals surface area contributed by atoms with Crippen molar-refractivity contribution in [2.24, 2.45) is 0 Å². The predicted octanol–water partition coefficient (Wildman–Crippen LogP) is 2.42. The number of hydrogen-bond acceptors (Lipinski definition) is 4. The Morgan fingerprint density at radius 1 is 1.22 bits per heavy atom. The second-order valence-corrected chi connectivity index (χ2v) is 4.41. The van der Waals surface area contributed by atoms with E-state index in [-0.39, 0.29) is 17.6 Å². The molecule has 2 N–H and O–H groups in total. The van der Waals surface area contributed by atoms with Gasteiger partial charge in [0.05, 0.1) is 12.3 Å². The Morgan fingerprint density at radius 3 is 2.67 bits per heavy atom. The number of aromatic nitrogens is 1. The molecule has 1 aliphatic heterocycles. The molecule has 0 amide bonds. The van der Waals surface area contributed by atoms with Crippen molar-refractivity contribution in [2.45, 2.75) is 19.6 Å². The topological polar surface area (TPSA) is 62.6 Å². The quantitative estimate of drug-likeness (QED) is 0.807. The maximum Gasteiger partial charge on any atom is 0.143 e. The number of pyridine rings is 1. The normalized spacial score (nSPS) is 17.7. The molecule has 0 fully saturated rings. The third-order valence-electron chi connectivity index (χ3n) is 3.22. The second kappa shape index (κ2) is 3.99. The van der Waals surface area contributed by atoms with Crippen LogP contribution in [0.1, 0.15) is 28.5 Å². The van der Waals surface area contributed by atoms with Gasteiger partial charge < -0.3 is 14.9 Å². The van der Waals surface area contributed by atoms with Gasteiger partial charge in [-0.15, -0.1) is 0 Å². The lowest BCUT2D eigenvalue weighted by atomic mass is 9.99. The minimum Gasteiger partial charge on any atom is -0.508 e. The van der Waals surface area contributed by atoms with Gasteiger partial charge in [-0.25, -0.2) is 0 Å². The van der Waals surface area contributed by atoms with Crippen LogP contribution in [0.5, 0.6) is 11.5 Å². The van der Waals surface area contributed by atoms with Crippen molar-refractivity contribution >= 4 is 0 Å². The van der Waals surface area contributed by atoms with E-state index in [2.05, 4.69) is 4.98 Å². The smallest absolute Gasteiger partial charge is 0.143 e. The van der Waals surface area contributed by atoms with Gasteiger partial charge in [-0.2, -0.15) is 0 Å². The SMILES string of the molecule is Cc1ncc2c(c1O)C(c1ccc(O)cc1)OC2. The van der Waals surface area contributed by atoms with Gasteiger partial charge in [-0.05, 0) is 24.6 Å². The summed E-state index contributed by atoms with van der Waals surface area (Å²) < 4.78 is 5.70. The number of aromatic hydroxyl groups is 2. The molecular weight excluding hydrogens is 230 g/mol. The molecular formula is C14H13NO3. The minimum atomic E-state index is -0.290. The van der Waals surface area contributed by atoms with Gasteiger partial charge in [0.15, 0.2) is 0 Å². The first-order valence-electron chi connectivity index (χ1n) is 5.74. The van der Waals surface area contributed by atoms with Crippen molar-refractivity contribution in [1.82, 2.24) is 4.98 Å². The Kier molecular flexibility index (Phi) is 2.45. The molecule has 18 heavy (non-hydrogen) atoms. The van der Waals surface area contributed by atoms with Crippen LogP contribution in [0.3, 0.4) is 0 Å². The lowest BCUT2D eigenvalue weighted by Crippen LogP contribution is -1.99. The first kappa shape index (κ1) is 11.0. The second-order valence-electron chi connectivity index (χ2n) is 4.41. The van der Waals surface area contributed by atoms with E-state index in [0.717, 1.165) is 16.7 Å². The molecule has 0 saturated heterocycles. The van der Waals surface area contributed by atoms with Crippen LogP contribution in [0, 0.1) is 6.92 Å². The van der Waals surface area contributed by atoms with Crippen molar-refractivity contribution in [3.63, 3.8) is 0 Å². The van der Waals surface area contributed by atoms with Crippen LogP contribution < -0.4 is 0 Å². The van der Waals surface area contributed by atoms with Crippen LogP contribution >= 0.6 is 0 Å². The van der Waals surface area contributed by atoms with Gasteiger partial charge in [0, 0.05) is 17.3 Å². The lowest BCUT2D eigenvalue weighted by Gasteiger charge is -2.13. The van der Waals surface area contributed by atoms with E-state index in [4.69, 9.17) is 4.74 Å². The number of hydrogen-bond donors (Lipinski definition) is 2. The molecule has 1 unspecified atom stereocenters. The van der Waals surface area contributed by atoms with Crippen molar-refractivity contribution in [3.05, 3.63) is 52.8 Å². The zero-order chi connectivity index (χ0) is 12.7. The van der Waals surface area contributed by atoms with Crippen molar-refractivity contribution in [1.29, 1.82) is 0 Å². The molecule has 0 spiro atoms. The average Bonchev–Trinajstić information content (AvgIpc) is 2.79. The third kappa shape index (κ3) is 1.62. The zero-order valence-corrected chi connectivity index (χ0v) is 9.92. The molecule has 0 aliphatic carbocycles. The number of phenols is 1. The Bertz CT molecular complexity index is 593. The molecule has 2 aromatic rings. The number of rotatable bonds is 1. The largest absolute Gasteiger partial charge is 0.508 e. The Labute approximate surface area is 104 Å². The summed E-state index contributed by atoms with van der Waals surface area (Å²) in [6.45, 7) is 2.21. The highest BCUT2D eigenvalue weighted by Gasteiger charge is 2.29. The summed E-state index contributed by atoms with van der Waals surface area (Å²) in [6.07, 6.45) is 1.45. The predicted molar refractivity (Wildman–Crippen MR) is 65.4 cm³/mol. The minimum absolute atomic E-state index is 0.197. The van der Waals surface area contributed by atoms with E-state index in [1.54, 1.807) is 37.4 Å². The Morgan fingerprint density at radius 2 is 1.94 bits per heavy atom. The van der Waals surface area contributed by atoms with Gasteiger partial charge in [0.2, 0.25) is 0 Å². The fourth-order valence-corrected chi connectivity index (χ4v) is 2.23. The number of benzene rings is 1. The summed E-state index contributed by atoms with van der Waals surface area (Å²) in [7, 11) is 0. The molecule has 0 saturated carbocycles. The molecule has 1 aliphatic rings. The molecule has 0 bridgehead atoms. The first-order chi connectivity index (χ1) is 8.66. The molecule has 2 heterocycles. The van der Waals surface area contributed by atoms with Gasteiger partial charge >= 0.3 is 0 Å². The maximum absolute atomic E-state index is 10.1. The molecule has 1 atom stereocenters. The van der Waals surface area contributed by atoms with E-state index in [1.807, 2.05) is 0 Å². The highest BCUT2D eigenvalue weighted by atomic mass is 16.5. The summed E-state index contributed by atoms with van der Waals surface area (Å²) in [6, 6.07) is 6.82. The van der Waals surface area contributed by atoms with Gasteiger partial charge in [0.1, 0.15) is 17.6 Å². The van der Waals surface area contributed by atoms with E-state index in [1.165, 1.54) is 0 Å². The summed E-state index contributed by atoms with van der Waals surface area (Å²) >= 11 is 0. The number of phenolic OH excluding ortho intramolecular Hbond substituents is 1. The standard InChI is InChI=1S/C14H13NO3/c1-8-13(17)12-10(6-15-8)7-18-14(12)9-2-4-11(16)5-3-9/h2-6,14,16-17H,7H2,1H3. The van der Waals surface area contributed by atoms with Crippen LogP contribution in [-0.2, 0) is 11.3 Å². The highest BCUT2D eigenvalue weighted by molar-refractivity contribution is 5.48. The summed E-state index contributed by atoms with van der Waals surface area (Å²) in [5.41, 5.74) is 3.21. The van der Waals surface area contributed by atoms with E-state index >= 15 is 0 Å². The van der Waals surface area contributed by atoms with Gasteiger partial charge in [-0.3, -0.25) is 4.98 Å². The molecule has 4 nitrogen and oxygen atoms in total. The molecule has 0 radical (unpaired) electrons. The Balaban J connectivity index is 2.09. The summed E-state index contributed by atoms with van der Waals surface area (Å²) in [5.74, 6) is 0.412. The van der Waals surface area contributed by atoms with Crippen molar-refractivity contribution < 1.29 is 14.9 Å². The van der Waals surface area contributed by atoms with Gasteiger partial charge in [0.25, 0.3) is 0 Å². The van der Waals surface area contributed by atoms with Crippen LogP contribution in [0.25, 0.3) is 0 Å². The average molecular weight is 243 g/mol. The van der Waals surface area contributed by atoms with Crippen LogP contribution in [0.15, 0.2) is 30.5 Å². The molecule has 3 rings (SSSR count). The molecule has 4 heteroatoms. The number of ether oxygens (including phenoxy) is 1. The number of fused-ring (bicyclic) bond motifs is 1. The molecule has 1 aromatic heterocycles. The monoisotopic (exact) mass is 243 g/mol. The fraction of sp³-hybridized carbons (Fsp3) is 0.214. The Hall–Kier alpha value is -2.07. The molecule has 1 aromatic carbocycles. The number of nitrogens with zero attached hydrogens (tertiary/aromatic N) is 1. The number of aryl methyl sites for hydroxylation is 1. The summed E-state index contributed by atoms with van der Waals surface area (Å²) in [4.78, 5) is 4.12. The van der Waals surface area contributed by atoms with Crippen molar-refractivity contribution in [3.8, 4) is 11.5 Å². The van der Waals surface area contributed by atoms with Crippen LogP contribution in [-0.4, -0.2) is 15.2 Å². The van der Waals surface area contributed by atoms with Crippen LogP contribution in [0.2, 0.25) is 0 Å². The van der Waals surface area contributed by atoms with E-state index in [9.17, 15) is 10.2 Å². The fourth-order valence-electron chi connectivity index (χ4n) is 2.23.